The summed E-state index contributed by atoms with van der Waals surface area (Å²) in [5.41, 5.74) is 0.827. The van der Waals surface area contributed by atoms with Gasteiger partial charge in [0, 0.05) is 6.07 Å². The highest BCUT2D eigenvalue weighted by atomic mass is 16.5. The Kier molecular flexibility index (Phi) is 3.68. The zero-order valence-corrected chi connectivity index (χ0v) is 13.8. The average Bonchev–Trinajstić information content (AvgIpc) is 3.30. The topological polar surface area (TPSA) is 77.9 Å². The Balaban J connectivity index is 1.76. The number of hydrogen-bond acceptors (Lipinski definition) is 6. The van der Waals surface area contributed by atoms with Crippen LogP contribution in [0.5, 0.6) is 11.5 Å². The van der Waals surface area contributed by atoms with Crippen molar-refractivity contribution in [2.24, 2.45) is 0 Å². The van der Waals surface area contributed by atoms with Crippen LogP contribution in [0.15, 0.2) is 51.8 Å². The van der Waals surface area contributed by atoms with Gasteiger partial charge in [0.15, 0.2) is 17.8 Å². The molecular formula is C18H16N2O5. The van der Waals surface area contributed by atoms with E-state index in [0.29, 0.717) is 35.3 Å². The van der Waals surface area contributed by atoms with Gasteiger partial charge >= 0.3 is 0 Å². The smallest absolute Gasteiger partial charge is 0.281 e. The van der Waals surface area contributed by atoms with Crippen LogP contribution in [0.2, 0.25) is 0 Å². The second-order valence-electron chi connectivity index (χ2n) is 5.69. The van der Waals surface area contributed by atoms with E-state index < -0.39 is 0 Å². The fraction of sp³-hybridized carbons (Fsp3) is 0.222. The number of benzene rings is 1. The second kappa shape index (κ2) is 6.01. The van der Waals surface area contributed by atoms with Crippen molar-refractivity contribution < 1.29 is 23.1 Å². The zero-order valence-electron chi connectivity index (χ0n) is 13.8. The van der Waals surface area contributed by atoms with Crippen molar-refractivity contribution in [3.8, 4) is 23.0 Å². The van der Waals surface area contributed by atoms with Crippen LogP contribution in [0.1, 0.15) is 17.4 Å². The third kappa shape index (κ3) is 2.63. The van der Waals surface area contributed by atoms with Gasteiger partial charge in [-0.1, -0.05) is 0 Å². The number of furan rings is 1. The normalized spacial score (nSPS) is 16.2. The molecule has 1 amide bonds. The zero-order chi connectivity index (χ0) is 17.4. The molecule has 0 radical (unpaired) electrons. The van der Waals surface area contributed by atoms with Crippen molar-refractivity contribution in [1.29, 1.82) is 0 Å². The van der Waals surface area contributed by atoms with Crippen LogP contribution in [0.4, 0.5) is 5.69 Å². The summed E-state index contributed by atoms with van der Waals surface area (Å²) in [7, 11) is 1.58. The molecule has 25 heavy (non-hydrogen) atoms. The van der Waals surface area contributed by atoms with Crippen molar-refractivity contribution in [1.82, 2.24) is 4.98 Å². The molecule has 0 saturated heterocycles. The molecule has 3 heterocycles. The fourth-order valence-electron chi connectivity index (χ4n) is 2.85. The summed E-state index contributed by atoms with van der Waals surface area (Å²) in [6.07, 6.45) is 2.61. The van der Waals surface area contributed by atoms with Gasteiger partial charge < -0.3 is 18.3 Å². The van der Waals surface area contributed by atoms with E-state index in [1.807, 2.05) is 6.92 Å². The SMILES string of the molecule is COc1ccc2c(c1)N(C(=O)c1ncoc1-c1ccco1)C[C@@H](C)O2. The Labute approximate surface area is 143 Å². The van der Waals surface area contributed by atoms with Gasteiger partial charge in [-0.25, -0.2) is 4.98 Å². The summed E-state index contributed by atoms with van der Waals surface area (Å²) in [5.74, 6) is 1.73. The molecular weight excluding hydrogens is 324 g/mol. The molecule has 7 heteroatoms. The first kappa shape index (κ1) is 15.3. The van der Waals surface area contributed by atoms with Gasteiger partial charge in [-0.15, -0.1) is 0 Å². The summed E-state index contributed by atoms with van der Waals surface area (Å²) in [4.78, 5) is 18.9. The molecule has 0 spiro atoms. The lowest BCUT2D eigenvalue weighted by Crippen LogP contribution is -2.42. The van der Waals surface area contributed by atoms with Crippen LogP contribution in [0, 0.1) is 0 Å². The predicted octanol–water partition coefficient (Wildman–Crippen LogP) is 3.37. The molecule has 0 saturated carbocycles. The van der Waals surface area contributed by atoms with E-state index in [9.17, 15) is 4.79 Å². The van der Waals surface area contributed by atoms with Crippen LogP contribution in [0.25, 0.3) is 11.5 Å². The van der Waals surface area contributed by atoms with Crippen LogP contribution >= 0.6 is 0 Å². The standard InChI is InChI=1S/C18H16N2O5/c1-11-9-20(13-8-12(22-2)5-6-14(13)25-11)18(21)16-17(24-10-19-16)15-4-3-7-23-15/h3-8,10-11H,9H2,1-2H3/t11-/m1/s1. The number of nitrogens with zero attached hydrogens (tertiary/aromatic N) is 2. The summed E-state index contributed by atoms with van der Waals surface area (Å²) in [6, 6.07) is 8.80. The third-order valence-electron chi connectivity index (χ3n) is 3.98. The number of fused-ring (bicyclic) bond motifs is 1. The van der Waals surface area contributed by atoms with Crippen LogP contribution < -0.4 is 14.4 Å². The Bertz CT molecular complexity index is 900. The number of aromatic nitrogens is 1. The van der Waals surface area contributed by atoms with Gasteiger partial charge in [-0.05, 0) is 31.2 Å². The molecule has 1 aliphatic heterocycles. The summed E-state index contributed by atoms with van der Waals surface area (Å²) < 4.78 is 21.8. The maximum atomic E-state index is 13.2. The van der Waals surface area contributed by atoms with E-state index in [-0.39, 0.29) is 17.7 Å². The van der Waals surface area contributed by atoms with Crippen molar-refractivity contribution in [3.05, 3.63) is 48.7 Å². The van der Waals surface area contributed by atoms with Gasteiger partial charge in [0.05, 0.1) is 25.6 Å². The molecule has 0 bridgehead atoms. The number of hydrogen-bond donors (Lipinski definition) is 0. The number of rotatable bonds is 3. The van der Waals surface area contributed by atoms with Crippen molar-refractivity contribution in [2.75, 3.05) is 18.6 Å². The number of oxazole rings is 1. The largest absolute Gasteiger partial charge is 0.497 e. The number of carbonyl (C=O) groups excluding carboxylic acids is 1. The number of carbonyl (C=O) groups is 1. The molecule has 2 aromatic heterocycles. The molecule has 0 fully saturated rings. The van der Waals surface area contributed by atoms with Gasteiger partial charge in [0.1, 0.15) is 17.6 Å². The first-order valence-electron chi connectivity index (χ1n) is 7.81. The Morgan fingerprint density at radius 3 is 2.96 bits per heavy atom. The van der Waals surface area contributed by atoms with E-state index in [0.717, 1.165) is 0 Å². The lowest BCUT2D eigenvalue weighted by Gasteiger charge is -2.33. The van der Waals surface area contributed by atoms with Crippen molar-refractivity contribution in [2.45, 2.75) is 13.0 Å². The van der Waals surface area contributed by atoms with Crippen LogP contribution in [0.3, 0.4) is 0 Å². The lowest BCUT2D eigenvalue weighted by molar-refractivity contribution is 0.0957. The predicted molar refractivity (Wildman–Crippen MR) is 89.0 cm³/mol. The summed E-state index contributed by atoms with van der Waals surface area (Å²) in [5, 5.41) is 0. The van der Waals surface area contributed by atoms with E-state index in [4.69, 9.17) is 18.3 Å². The first-order chi connectivity index (χ1) is 12.2. The third-order valence-corrected chi connectivity index (χ3v) is 3.98. The molecule has 0 unspecified atom stereocenters. The first-order valence-corrected chi connectivity index (χ1v) is 7.81. The molecule has 3 aromatic rings. The summed E-state index contributed by atoms with van der Waals surface area (Å²) in [6.45, 7) is 2.30. The van der Waals surface area contributed by atoms with Crippen LogP contribution in [-0.4, -0.2) is 30.6 Å². The van der Waals surface area contributed by atoms with Gasteiger partial charge in [-0.3, -0.25) is 9.69 Å². The average molecular weight is 340 g/mol. The minimum absolute atomic E-state index is 0.149. The minimum atomic E-state index is -0.287. The monoisotopic (exact) mass is 340 g/mol. The highest BCUT2D eigenvalue weighted by molar-refractivity contribution is 6.08. The summed E-state index contributed by atoms with van der Waals surface area (Å²) >= 11 is 0. The quantitative estimate of drug-likeness (QED) is 0.727. The van der Waals surface area contributed by atoms with E-state index >= 15 is 0 Å². The Hall–Kier alpha value is -3.22. The highest BCUT2D eigenvalue weighted by Crippen LogP contribution is 2.38. The van der Waals surface area contributed by atoms with E-state index in [1.54, 1.807) is 42.3 Å². The lowest BCUT2D eigenvalue weighted by atomic mass is 10.1. The molecule has 4 rings (SSSR count). The maximum absolute atomic E-state index is 13.2. The van der Waals surface area contributed by atoms with Gasteiger partial charge in [-0.2, -0.15) is 0 Å². The molecule has 128 valence electrons. The molecule has 1 aromatic carbocycles. The van der Waals surface area contributed by atoms with Crippen molar-refractivity contribution in [3.63, 3.8) is 0 Å². The van der Waals surface area contributed by atoms with E-state index in [2.05, 4.69) is 4.98 Å². The van der Waals surface area contributed by atoms with Gasteiger partial charge in [0.25, 0.3) is 5.91 Å². The molecule has 1 aliphatic rings. The second-order valence-corrected chi connectivity index (χ2v) is 5.69. The fourth-order valence-corrected chi connectivity index (χ4v) is 2.85. The highest BCUT2D eigenvalue weighted by Gasteiger charge is 2.32. The van der Waals surface area contributed by atoms with Crippen LogP contribution in [-0.2, 0) is 0 Å². The molecule has 1 atom stereocenters. The molecule has 0 aliphatic carbocycles. The van der Waals surface area contributed by atoms with E-state index in [1.165, 1.54) is 12.7 Å². The number of ether oxygens (including phenoxy) is 2. The number of methoxy groups -OCH3 is 1. The number of amides is 1. The minimum Gasteiger partial charge on any atom is -0.497 e. The Morgan fingerprint density at radius 1 is 1.32 bits per heavy atom. The van der Waals surface area contributed by atoms with Crippen molar-refractivity contribution >= 4 is 11.6 Å². The van der Waals surface area contributed by atoms with Gasteiger partial charge in [0.2, 0.25) is 5.76 Å². The Morgan fingerprint density at radius 2 is 2.20 bits per heavy atom. The number of anilines is 1. The maximum Gasteiger partial charge on any atom is 0.281 e. The molecule has 0 N–H and O–H groups in total. The molecule has 7 nitrogen and oxygen atoms in total.